The van der Waals surface area contributed by atoms with Crippen molar-refractivity contribution in [3.05, 3.63) is 36.1 Å². The molecule has 1 atom stereocenters. The second-order valence-electron chi connectivity index (χ2n) is 4.09. The Balaban J connectivity index is 2.19. The zero-order chi connectivity index (χ0) is 13.1. The Hall–Kier alpha value is -2.30. The van der Waals surface area contributed by atoms with E-state index in [1.165, 1.54) is 6.92 Å². The maximum Gasteiger partial charge on any atom is 0.326 e. The predicted octanol–water partition coefficient (Wildman–Crippen LogP) is 1.56. The molecular weight excluding hydrogens is 234 g/mol. The van der Waals surface area contributed by atoms with Crippen LogP contribution in [-0.2, 0) is 16.0 Å². The minimum atomic E-state index is -1.04. The molecule has 1 heterocycles. The van der Waals surface area contributed by atoms with E-state index in [1.807, 2.05) is 12.1 Å². The fourth-order valence-electron chi connectivity index (χ4n) is 1.82. The van der Waals surface area contributed by atoms with Crippen molar-refractivity contribution in [2.45, 2.75) is 19.4 Å². The third-order valence-electron chi connectivity index (χ3n) is 2.63. The van der Waals surface area contributed by atoms with Gasteiger partial charge in [0.15, 0.2) is 0 Å². The lowest BCUT2D eigenvalue weighted by atomic mass is 10.0. The topological polar surface area (TPSA) is 79.5 Å². The molecule has 0 radical (unpaired) electrons. The minimum absolute atomic E-state index is 0.246. The van der Waals surface area contributed by atoms with Crippen LogP contribution in [0.1, 0.15) is 12.5 Å². The molecule has 18 heavy (non-hydrogen) atoms. The summed E-state index contributed by atoms with van der Waals surface area (Å²) in [6.45, 7) is 1.30. The molecule has 1 aromatic carbocycles. The zero-order valence-electron chi connectivity index (χ0n) is 9.84. The number of carbonyl (C=O) groups is 2. The van der Waals surface area contributed by atoms with Gasteiger partial charge in [0.1, 0.15) is 11.6 Å². The summed E-state index contributed by atoms with van der Waals surface area (Å²) in [7, 11) is 0. The highest BCUT2D eigenvalue weighted by molar-refractivity contribution is 5.83. The van der Waals surface area contributed by atoms with Gasteiger partial charge >= 0.3 is 5.97 Å². The molecule has 0 saturated carbocycles. The lowest BCUT2D eigenvalue weighted by Crippen LogP contribution is -2.41. The van der Waals surface area contributed by atoms with Crippen molar-refractivity contribution in [2.75, 3.05) is 0 Å². The summed E-state index contributed by atoms with van der Waals surface area (Å²) in [6, 6.07) is 6.34. The van der Waals surface area contributed by atoms with Crippen LogP contribution in [0.15, 0.2) is 34.9 Å². The average molecular weight is 247 g/mol. The molecule has 0 spiro atoms. The van der Waals surface area contributed by atoms with E-state index < -0.39 is 12.0 Å². The number of nitrogens with one attached hydrogen (secondary N) is 1. The summed E-state index contributed by atoms with van der Waals surface area (Å²) in [4.78, 5) is 22.0. The number of hydrogen-bond acceptors (Lipinski definition) is 3. The molecule has 0 aliphatic heterocycles. The smallest absolute Gasteiger partial charge is 0.326 e. The molecule has 1 amide bonds. The van der Waals surface area contributed by atoms with Crippen LogP contribution in [0.25, 0.3) is 11.0 Å². The van der Waals surface area contributed by atoms with Crippen LogP contribution in [0.4, 0.5) is 0 Å². The molecule has 0 saturated heterocycles. The first-order chi connectivity index (χ1) is 8.56. The van der Waals surface area contributed by atoms with Gasteiger partial charge < -0.3 is 14.8 Å². The molecule has 5 nitrogen and oxygen atoms in total. The molecule has 2 rings (SSSR count). The second kappa shape index (κ2) is 4.91. The third kappa shape index (κ3) is 2.68. The van der Waals surface area contributed by atoms with Crippen molar-refractivity contribution in [3.63, 3.8) is 0 Å². The molecule has 94 valence electrons. The average Bonchev–Trinajstić information content (AvgIpc) is 2.74. The number of benzene rings is 1. The summed E-state index contributed by atoms with van der Waals surface area (Å²) in [5, 5.41) is 12.3. The van der Waals surface area contributed by atoms with Gasteiger partial charge in [0, 0.05) is 18.7 Å². The fraction of sp³-hybridized carbons (Fsp3) is 0.231. The van der Waals surface area contributed by atoms with E-state index in [0.717, 1.165) is 16.5 Å². The Kier molecular flexibility index (Phi) is 3.32. The Morgan fingerprint density at radius 2 is 2.17 bits per heavy atom. The first kappa shape index (κ1) is 12.2. The van der Waals surface area contributed by atoms with Crippen molar-refractivity contribution >= 4 is 22.8 Å². The van der Waals surface area contributed by atoms with Crippen LogP contribution in [0.2, 0.25) is 0 Å². The number of carboxylic acids is 1. The van der Waals surface area contributed by atoms with Crippen LogP contribution in [0.5, 0.6) is 0 Å². The van der Waals surface area contributed by atoms with Gasteiger partial charge in [-0.05, 0) is 23.8 Å². The molecular formula is C13H13NO4. The summed E-state index contributed by atoms with van der Waals surface area (Å²) in [5.74, 6) is -1.40. The molecule has 2 N–H and O–H groups in total. The Morgan fingerprint density at radius 1 is 1.39 bits per heavy atom. The van der Waals surface area contributed by atoms with Gasteiger partial charge in [0.25, 0.3) is 0 Å². The lowest BCUT2D eigenvalue weighted by Gasteiger charge is -2.13. The molecule has 1 aromatic heterocycles. The molecule has 0 bridgehead atoms. The number of furan rings is 1. The minimum Gasteiger partial charge on any atom is -0.480 e. The van der Waals surface area contributed by atoms with E-state index in [4.69, 9.17) is 9.52 Å². The number of carboxylic acid groups (broad SMARTS) is 1. The van der Waals surface area contributed by atoms with Crippen LogP contribution in [-0.4, -0.2) is 23.0 Å². The van der Waals surface area contributed by atoms with E-state index >= 15 is 0 Å². The van der Waals surface area contributed by atoms with Gasteiger partial charge in [-0.15, -0.1) is 0 Å². The van der Waals surface area contributed by atoms with E-state index in [0.29, 0.717) is 0 Å². The number of fused-ring (bicyclic) bond motifs is 1. The van der Waals surface area contributed by atoms with E-state index in [-0.39, 0.29) is 12.3 Å². The van der Waals surface area contributed by atoms with Crippen molar-refractivity contribution < 1.29 is 19.1 Å². The van der Waals surface area contributed by atoms with Crippen LogP contribution in [0, 0.1) is 0 Å². The summed E-state index contributed by atoms with van der Waals surface area (Å²) >= 11 is 0. The largest absolute Gasteiger partial charge is 0.480 e. The first-order valence-electron chi connectivity index (χ1n) is 5.52. The second-order valence-corrected chi connectivity index (χ2v) is 4.09. The summed E-state index contributed by atoms with van der Waals surface area (Å²) in [6.07, 6.45) is 1.83. The molecule has 0 aliphatic rings. The van der Waals surface area contributed by atoms with Crippen molar-refractivity contribution in [3.8, 4) is 0 Å². The van der Waals surface area contributed by atoms with Crippen molar-refractivity contribution in [1.82, 2.24) is 5.32 Å². The van der Waals surface area contributed by atoms with Crippen molar-refractivity contribution in [2.24, 2.45) is 0 Å². The molecule has 5 heteroatoms. The highest BCUT2D eigenvalue weighted by Crippen LogP contribution is 2.17. The highest BCUT2D eigenvalue weighted by Gasteiger charge is 2.18. The van der Waals surface area contributed by atoms with Crippen LogP contribution in [0.3, 0.4) is 0 Å². The van der Waals surface area contributed by atoms with E-state index in [9.17, 15) is 9.59 Å². The molecule has 0 fully saturated rings. The zero-order valence-corrected chi connectivity index (χ0v) is 9.84. The third-order valence-corrected chi connectivity index (χ3v) is 2.63. The number of rotatable bonds is 4. The molecule has 0 aliphatic carbocycles. The number of hydrogen-bond donors (Lipinski definition) is 2. The van der Waals surface area contributed by atoms with Crippen LogP contribution >= 0.6 is 0 Å². The predicted molar refractivity (Wildman–Crippen MR) is 65.2 cm³/mol. The normalized spacial score (nSPS) is 12.3. The van der Waals surface area contributed by atoms with Gasteiger partial charge in [0.05, 0.1) is 6.26 Å². The Bertz CT molecular complexity index is 587. The SMILES string of the molecule is CC(=O)N[C@H](Cc1ccc2occc2c1)C(=O)O. The quantitative estimate of drug-likeness (QED) is 0.859. The maximum atomic E-state index is 11.0. The summed E-state index contributed by atoms with van der Waals surface area (Å²) in [5.41, 5.74) is 1.59. The summed E-state index contributed by atoms with van der Waals surface area (Å²) < 4.78 is 5.20. The lowest BCUT2D eigenvalue weighted by molar-refractivity contribution is -0.141. The van der Waals surface area contributed by atoms with E-state index in [1.54, 1.807) is 18.4 Å². The number of carbonyl (C=O) groups excluding carboxylic acids is 1. The fourth-order valence-corrected chi connectivity index (χ4v) is 1.82. The van der Waals surface area contributed by atoms with Crippen LogP contribution < -0.4 is 5.32 Å². The van der Waals surface area contributed by atoms with Gasteiger partial charge in [-0.1, -0.05) is 6.07 Å². The van der Waals surface area contributed by atoms with E-state index in [2.05, 4.69) is 5.32 Å². The first-order valence-corrected chi connectivity index (χ1v) is 5.52. The Morgan fingerprint density at radius 3 is 2.83 bits per heavy atom. The van der Waals surface area contributed by atoms with Gasteiger partial charge in [-0.25, -0.2) is 4.79 Å². The molecule has 2 aromatic rings. The van der Waals surface area contributed by atoms with Crippen molar-refractivity contribution in [1.29, 1.82) is 0 Å². The standard InChI is InChI=1S/C13H13NO4/c1-8(15)14-11(13(16)17)7-9-2-3-12-10(6-9)4-5-18-12/h2-6,11H,7H2,1H3,(H,14,15)(H,16,17)/t11-/m1/s1. The van der Waals surface area contributed by atoms with Gasteiger partial charge in [0.2, 0.25) is 5.91 Å². The Labute approximate surface area is 103 Å². The molecule has 0 unspecified atom stereocenters. The number of amides is 1. The number of aliphatic carboxylic acids is 1. The monoisotopic (exact) mass is 247 g/mol. The van der Waals surface area contributed by atoms with Gasteiger partial charge in [-0.2, -0.15) is 0 Å². The van der Waals surface area contributed by atoms with Gasteiger partial charge in [-0.3, -0.25) is 4.79 Å². The maximum absolute atomic E-state index is 11.0. The highest BCUT2D eigenvalue weighted by atomic mass is 16.4.